The smallest absolute Gasteiger partial charge is 0.127 e. The van der Waals surface area contributed by atoms with Gasteiger partial charge < -0.3 is 5.11 Å². The first-order chi connectivity index (χ1) is 11.6. The third kappa shape index (κ3) is 3.48. The summed E-state index contributed by atoms with van der Waals surface area (Å²) in [7, 11) is 0. The number of rotatable bonds is 5. The van der Waals surface area contributed by atoms with E-state index >= 15 is 0 Å². The van der Waals surface area contributed by atoms with Gasteiger partial charge in [0.15, 0.2) is 0 Å². The van der Waals surface area contributed by atoms with E-state index in [4.69, 9.17) is 0 Å². The standard InChI is InChI=1S/C19H28F2N2O/c1-2-8-23-9-3-7-19(14-24)13-22(10-6-18(19)23)12-15-11-16(20)4-5-17(15)21/h4-5,11,18,24H,2-3,6-10,12-14H2,1H3/t18-,19-/m0/s1. The van der Waals surface area contributed by atoms with Gasteiger partial charge in [0.25, 0.3) is 0 Å². The summed E-state index contributed by atoms with van der Waals surface area (Å²) in [5, 5.41) is 10.2. The molecular formula is C19H28F2N2O. The van der Waals surface area contributed by atoms with Crippen LogP contribution in [0.1, 0.15) is 38.2 Å². The SMILES string of the molecule is CCCN1CCC[C@@]2(CO)CN(Cc3cc(F)ccc3F)CC[C@H]12. The lowest BCUT2D eigenvalue weighted by Gasteiger charge is -2.54. The first-order valence-electron chi connectivity index (χ1n) is 9.09. The van der Waals surface area contributed by atoms with Gasteiger partial charge in [0.1, 0.15) is 11.6 Å². The minimum atomic E-state index is -0.398. The maximum atomic E-state index is 13.9. The molecule has 0 aliphatic carbocycles. The number of hydrogen-bond donors (Lipinski definition) is 1. The van der Waals surface area contributed by atoms with Crippen LogP contribution in [-0.4, -0.2) is 53.7 Å². The minimum Gasteiger partial charge on any atom is -0.396 e. The van der Waals surface area contributed by atoms with E-state index in [0.717, 1.165) is 57.9 Å². The zero-order chi connectivity index (χ0) is 17.2. The van der Waals surface area contributed by atoms with Gasteiger partial charge in [-0.05, 0) is 57.0 Å². The van der Waals surface area contributed by atoms with E-state index < -0.39 is 5.82 Å². The van der Waals surface area contributed by atoms with Crippen LogP contribution >= 0.6 is 0 Å². The molecule has 0 unspecified atom stereocenters. The number of piperidine rings is 2. The molecule has 1 aromatic carbocycles. The van der Waals surface area contributed by atoms with Crippen LogP contribution in [0.3, 0.4) is 0 Å². The van der Waals surface area contributed by atoms with E-state index in [1.807, 2.05) is 0 Å². The molecule has 2 saturated heterocycles. The molecule has 0 amide bonds. The van der Waals surface area contributed by atoms with E-state index in [9.17, 15) is 13.9 Å². The molecule has 0 saturated carbocycles. The molecule has 2 aliphatic rings. The molecule has 0 bridgehead atoms. The Morgan fingerprint density at radius 2 is 2.12 bits per heavy atom. The Morgan fingerprint density at radius 3 is 2.88 bits per heavy atom. The van der Waals surface area contributed by atoms with Crippen LogP contribution in [0.15, 0.2) is 18.2 Å². The van der Waals surface area contributed by atoms with Crippen LogP contribution in [0.2, 0.25) is 0 Å². The predicted molar refractivity (Wildman–Crippen MR) is 90.7 cm³/mol. The van der Waals surface area contributed by atoms with Crippen molar-refractivity contribution < 1.29 is 13.9 Å². The van der Waals surface area contributed by atoms with Gasteiger partial charge in [-0.25, -0.2) is 8.78 Å². The second-order valence-electron chi connectivity index (χ2n) is 7.41. The van der Waals surface area contributed by atoms with Crippen LogP contribution in [0.4, 0.5) is 8.78 Å². The maximum absolute atomic E-state index is 13.9. The fraction of sp³-hybridized carbons (Fsp3) is 0.684. The highest BCUT2D eigenvalue weighted by Crippen LogP contribution is 2.41. The first kappa shape index (κ1) is 17.8. The topological polar surface area (TPSA) is 26.7 Å². The zero-order valence-electron chi connectivity index (χ0n) is 14.5. The van der Waals surface area contributed by atoms with Crippen LogP contribution < -0.4 is 0 Å². The number of nitrogens with zero attached hydrogens (tertiary/aromatic N) is 2. The van der Waals surface area contributed by atoms with Crippen LogP contribution in [0, 0.1) is 17.0 Å². The monoisotopic (exact) mass is 338 g/mol. The lowest BCUT2D eigenvalue weighted by atomic mass is 9.69. The normalized spacial score (nSPS) is 28.8. The van der Waals surface area contributed by atoms with E-state index in [0.29, 0.717) is 18.2 Å². The molecule has 0 spiro atoms. The molecule has 2 aliphatic heterocycles. The average molecular weight is 338 g/mol. The summed E-state index contributed by atoms with van der Waals surface area (Å²) in [5.74, 6) is -0.752. The Balaban J connectivity index is 1.74. The number of aliphatic hydroxyl groups excluding tert-OH is 1. The first-order valence-corrected chi connectivity index (χ1v) is 9.09. The Hall–Kier alpha value is -1.04. The number of benzene rings is 1. The summed E-state index contributed by atoms with van der Waals surface area (Å²) in [6.45, 7) is 6.57. The van der Waals surface area contributed by atoms with Crippen molar-refractivity contribution in [1.29, 1.82) is 0 Å². The molecule has 2 fully saturated rings. The van der Waals surface area contributed by atoms with Gasteiger partial charge in [-0.3, -0.25) is 9.80 Å². The molecule has 0 aromatic heterocycles. The van der Waals surface area contributed by atoms with Crippen LogP contribution in [-0.2, 0) is 6.54 Å². The quantitative estimate of drug-likeness (QED) is 0.894. The molecule has 5 heteroatoms. The number of likely N-dealkylation sites (tertiary alicyclic amines) is 2. The van der Waals surface area contributed by atoms with E-state index in [1.165, 1.54) is 12.1 Å². The number of halogens is 2. The average Bonchev–Trinajstić information content (AvgIpc) is 2.58. The van der Waals surface area contributed by atoms with Crippen LogP contribution in [0.5, 0.6) is 0 Å². The highest BCUT2D eigenvalue weighted by atomic mass is 19.1. The third-order valence-electron chi connectivity index (χ3n) is 5.75. The lowest BCUT2D eigenvalue weighted by Crippen LogP contribution is -2.62. The van der Waals surface area contributed by atoms with Crippen molar-refractivity contribution in [3.63, 3.8) is 0 Å². The van der Waals surface area contributed by atoms with Crippen molar-refractivity contribution >= 4 is 0 Å². The molecule has 3 rings (SSSR count). The van der Waals surface area contributed by atoms with Gasteiger partial charge in [-0.2, -0.15) is 0 Å². The molecule has 134 valence electrons. The Labute approximate surface area is 143 Å². The third-order valence-corrected chi connectivity index (χ3v) is 5.75. The minimum absolute atomic E-state index is 0.129. The highest BCUT2D eigenvalue weighted by molar-refractivity contribution is 5.19. The fourth-order valence-electron chi connectivity index (χ4n) is 4.68. The number of fused-ring (bicyclic) bond motifs is 1. The van der Waals surface area contributed by atoms with Gasteiger partial charge in [0.2, 0.25) is 0 Å². The summed E-state index contributed by atoms with van der Waals surface area (Å²) in [4.78, 5) is 4.71. The van der Waals surface area contributed by atoms with Gasteiger partial charge in [0, 0.05) is 36.7 Å². The molecule has 3 nitrogen and oxygen atoms in total. The molecule has 24 heavy (non-hydrogen) atoms. The second-order valence-corrected chi connectivity index (χ2v) is 7.41. The van der Waals surface area contributed by atoms with Crippen molar-refractivity contribution in [2.45, 2.75) is 45.2 Å². The van der Waals surface area contributed by atoms with Crippen molar-refractivity contribution in [1.82, 2.24) is 9.80 Å². The van der Waals surface area contributed by atoms with E-state index in [-0.39, 0.29) is 17.8 Å². The summed E-state index contributed by atoms with van der Waals surface area (Å²) in [5.41, 5.74) is 0.276. The largest absolute Gasteiger partial charge is 0.396 e. The summed E-state index contributed by atoms with van der Waals surface area (Å²) in [6, 6.07) is 4.05. The van der Waals surface area contributed by atoms with Crippen molar-refractivity contribution in [2.75, 3.05) is 32.8 Å². The zero-order valence-corrected chi connectivity index (χ0v) is 14.5. The van der Waals surface area contributed by atoms with Gasteiger partial charge in [-0.15, -0.1) is 0 Å². The summed E-state index contributed by atoms with van der Waals surface area (Å²) >= 11 is 0. The Kier molecular flexibility index (Phi) is 5.52. The van der Waals surface area contributed by atoms with Crippen molar-refractivity contribution in [3.8, 4) is 0 Å². The fourth-order valence-corrected chi connectivity index (χ4v) is 4.68. The molecule has 0 radical (unpaired) electrons. The second kappa shape index (κ2) is 7.46. The van der Waals surface area contributed by atoms with Gasteiger partial charge in [-0.1, -0.05) is 6.92 Å². The summed E-state index contributed by atoms with van der Waals surface area (Å²) < 4.78 is 27.4. The van der Waals surface area contributed by atoms with Crippen molar-refractivity contribution in [3.05, 3.63) is 35.4 Å². The lowest BCUT2D eigenvalue weighted by molar-refractivity contribution is -0.0803. The molecule has 1 N–H and O–H groups in total. The predicted octanol–water partition coefficient (Wildman–Crippen LogP) is 3.02. The Morgan fingerprint density at radius 1 is 1.29 bits per heavy atom. The van der Waals surface area contributed by atoms with E-state index in [2.05, 4.69) is 16.7 Å². The number of hydrogen-bond acceptors (Lipinski definition) is 3. The Bertz CT molecular complexity index is 566. The molecule has 1 aromatic rings. The van der Waals surface area contributed by atoms with Gasteiger partial charge in [0.05, 0.1) is 6.61 Å². The molecular weight excluding hydrogens is 310 g/mol. The highest BCUT2D eigenvalue weighted by Gasteiger charge is 2.47. The summed E-state index contributed by atoms with van der Waals surface area (Å²) in [6.07, 6.45) is 4.21. The van der Waals surface area contributed by atoms with Crippen LogP contribution in [0.25, 0.3) is 0 Å². The number of aliphatic hydroxyl groups is 1. The molecule has 2 heterocycles. The van der Waals surface area contributed by atoms with E-state index in [1.54, 1.807) is 0 Å². The maximum Gasteiger partial charge on any atom is 0.127 e. The van der Waals surface area contributed by atoms with Gasteiger partial charge >= 0.3 is 0 Å². The van der Waals surface area contributed by atoms with Crippen molar-refractivity contribution in [2.24, 2.45) is 5.41 Å². The molecule has 2 atom stereocenters.